The van der Waals surface area contributed by atoms with Crippen molar-refractivity contribution in [3.8, 4) is 0 Å². The Kier molecular flexibility index (Phi) is 5.19. The Morgan fingerprint density at radius 3 is 2.64 bits per heavy atom. The highest BCUT2D eigenvalue weighted by atomic mass is 32.1. The molecular formula is C17H17F3N4S. The molecule has 1 atom stereocenters. The third kappa shape index (κ3) is 3.91. The van der Waals surface area contributed by atoms with Gasteiger partial charge < -0.3 is 10.2 Å². The van der Waals surface area contributed by atoms with Crippen molar-refractivity contribution in [1.82, 2.24) is 14.9 Å². The predicted molar refractivity (Wildman–Crippen MR) is 93.7 cm³/mol. The number of likely N-dealkylation sites (N-methyl/N-ethyl adjacent to an activating group) is 1. The molecule has 1 unspecified atom stereocenters. The van der Waals surface area contributed by atoms with Gasteiger partial charge in [-0.05, 0) is 54.7 Å². The summed E-state index contributed by atoms with van der Waals surface area (Å²) in [7, 11) is 3.87. The Hall–Kier alpha value is -2.19. The Morgan fingerprint density at radius 1 is 1.20 bits per heavy atom. The van der Waals surface area contributed by atoms with E-state index in [4.69, 9.17) is 0 Å². The Bertz CT molecular complexity index is 852. The largest absolute Gasteiger partial charge is 0.368 e. The van der Waals surface area contributed by atoms with E-state index in [0.717, 1.165) is 5.56 Å². The van der Waals surface area contributed by atoms with Crippen LogP contribution in [-0.2, 0) is 0 Å². The van der Waals surface area contributed by atoms with Gasteiger partial charge in [-0.1, -0.05) is 0 Å². The standard InChI is InChI=1S/C17H17F3N4S/c1-24(2)14(10-5-6-25-9-10)8-21-16-12-7-11(18)3-4-13(12)22-17(23-16)15(19)20/h3-7,9,14-15H,8H2,1-2H3,(H,21,22,23). The van der Waals surface area contributed by atoms with E-state index in [1.54, 1.807) is 11.3 Å². The summed E-state index contributed by atoms with van der Waals surface area (Å²) in [6, 6.07) is 5.87. The summed E-state index contributed by atoms with van der Waals surface area (Å²) in [5.41, 5.74) is 1.40. The maximum atomic E-state index is 13.6. The molecule has 0 saturated heterocycles. The maximum absolute atomic E-state index is 13.6. The van der Waals surface area contributed by atoms with Gasteiger partial charge in [0.2, 0.25) is 0 Å². The first-order valence-electron chi connectivity index (χ1n) is 7.63. The molecule has 132 valence electrons. The molecule has 0 saturated carbocycles. The second kappa shape index (κ2) is 7.37. The Morgan fingerprint density at radius 2 is 2.00 bits per heavy atom. The van der Waals surface area contributed by atoms with Crippen LogP contribution in [0.4, 0.5) is 19.0 Å². The lowest BCUT2D eigenvalue weighted by molar-refractivity contribution is 0.141. The van der Waals surface area contributed by atoms with Gasteiger partial charge in [-0.2, -0.15) is 11.3 Å². The Balaban J connectivity index is 1.95. The predicted octanol–water partition coefficient (Wildman–Crippen LogP) is 4.48. The van der Waals surface area contributed by atoms with E-state index in [1.807, 2.05) is 35.8 Å². The molecule has 8 heteroatoms. The highest BCUT2D eigenvalue weighted by Gasteiger charge is 2.18. The van der Waals surface area contributed by atoms with Crippen LogP contribution in [0.1, 0.15) is 23.9 Å². The van der Waals surface area contributed by atoms with Crippen molar-refractivity contribution in [3.05, 3.63) is 52.2 Å². The first kappa shape index (κ1) is 17.6. The van der Waals surface area contributed by atoms with Gasteiger partial charge in [0, 0.05) is 11.9 Å². The van der Waals surface area contributed by atoms with Crippen LogP contribution in [0.2, 0.25) is 0 Å². The van der Waals surface area contributed by atoms with Crippen LogP contribution in [0.25, 0.3) is 10.9 Å². The molecule has 0 amide bonds. The molecule has 0 aliphatic rings. The van der Waals surface area contributed by atoms with Crippen molar-refractivity contribution in [3.63, 3.8) is 0 Å². The average Bonchev–Trinajstić information content (AvgIpc) is 3.08. The summed E-state index contributed by atoms with van der Waals surface area (Å²) in [4.78, 5) is 9.73. The molecule has 1 N–H and O–H groups in total. The summed E-state index contributed by atoms with van der Waals surface area (Å²) in [6.45, 7) is 0.440. The van der Waals surface area contributed by atoms with E-state index in [0.29, 0.717) is 11.9 Å². The molecule has 0 bridgehead atoms. The maximum Gasteiger partial charge on any atom is 0.297 e. The number of nitrogens with one attached hydrogen (secondary N) is 1. The second-order valence-corrected chi connectivity index (χ2v) is 6.59. The zero-order valence-corrected chi connectivity index (χ0v) is 14.5. The number of hydrogen-bond acceptors (Lipinski definition) is 5. The monoisotopic (exact) mass is 366 g/mol. The molecular weight excluding hydrogens is 349 g/mol. The molecule has 0 radical (unpaired) electrons. The third-order valence-electron chi connectivity index (χ3n) is 3.88. The molecule has 3 rings (SSSR count). The lowest BCUT2D eigenvalue weighted by Gasteiger charge is -2.24. The zero-order chi connectivity index (χ0) is 18.0. The van der Waals surface area contributed by atoms with Gasteiger partial charge >= 0.3 is 0 Å². The van der Waals surface area contributed by atoms with Gasteiger partial charge in [-0.3, -0.25) is 0 Å². The quantitative estimate of drug-likeness (QED) is 0.698. The van der Waals surface area contributed by atoms with Gasteiger partial charge in [0.25, 0.3) is 6.43 Å². The molecule has 4 nitrogen and oxygen atoms in total. The topological polar surface area (TPSA) is 41.0 Å². The lowest BCUT2D eigenvalue weighted by atomic mass is 10.1. The molecule has 0 aliphatic heterocycles. The molecule has 25 heavy (non-hydrogen) atoms. The smallest absolute Gasteiger partial charge is 0.297 e. The molecule has 0 spiro atoms. The Labute approximate surface area is 147 Å². The summed E-state index contributed by atoms with van der Waals surface area (Å²) in [6.07, 6.45) is -2.79. The first-order valence-corrected chi connectivity index (χ1v) is 8.57. The van der Waals surface area contributed by atoms with Gasteiger partial charge in [-0.25, -0.2) is 23.1 Å². The van der Waals surface area contributed by atoms with E-state index >= 15 is 0 Å². The molecule has 3 aromatic rings. The van der Waals surface area contributed by atoms with Gasteiger partial charge in [-0.15, -0.1) is 0 Å². The number of thiophene rings is 1. The minimum Gasteiger partial charge on any atom is -0.368 e. The summed E-state index contributed by atoms with van der Waals surface area (Å²) in [5, 5.41) is 7.49. The zero-order valence-electron chi connectivity index (χ0n) is 13.7. The van der Waals surface area contributed by atoms with Crippen LogP contribution in [0.15, 0.2) is 35.0 Å². The minimum atomic E-state index is -2.79. The van der Waals surface area contributed by atoms with Crippen molar-refractivity contribution in [2.45, 2.75) is 12.5 Å². The number of nitrogens with zero attached hydrogens (tertiary/aromatic N) is 3. The van der Waals surface area contributed by atoms with E-state index in [2.05, 4.69) is 15.3 Å². The van der Waals surface area contributed by atoms with E-state index < -0.39 is 18.1 Å². The summed E-state index contributed by atoms with van der Waals surface area (Å²) >= 11 is 1.59. The van der Waals surface area contributed by atoms with Crippen molar-refractivity contribution in [1.29, 1.82) is 0 Å². The number of benzene rings is 1. The third-order valence-corrected chi connectivity index (χ3v) is 4.59. The fourth-order valence-electron chi connectivity index (χ4n) is 2.61. The van der Waals surface area contributed by atoms with E-state index in [9.17, 15) is 13.2 Å². The van der Waals surface area contributed by atoms with Crippen LogP contribution in [-0.4, -0.2) is 35.5 Å². The number of alkyl halides is 2. The number of fused-ring (bicyclic) bond motifs is 1. The SMILES string of the molecule is CN(C)C(CNc1nc(C(F)F)nc2ccc(F)cc12)c1ccsc1. The van der Waals surface area contributed by atoms with Crippen LogP contribution >= 0.6 is 11.3 Å². The number of rotatable bonds is 6. The van der Waals surface area contributed by atoms with Crippen molar-refractivity contribution in [2.75, 3.05) is 26.0 Å². The summed E-state index contributed by atoms with van der Waals surface area (Å²) in [5.74, 6) is -0.827. The van der Waals surface area contributed by atoms with E-state index in [1.165, 1.54) is 18.2 Å². The van der Waals surface area contributed by atoms with Crippen molar-refractivity contribution >= 4 is 28.1 Å². The van der Waals surface area contributed by atoms with E-state index in [-0.39, 0.29) is 17.4 Å². The molecule has 1 aromatic carbocycles. The molecule has 0 aliphatic carbocycles. The molecule has 2 aromatic heterocycles. The van der Waals surface area contributed by atoms with Crippen LogP contribution in [0.3, 0.4) is 0 Å². The molecule has 0 fully saturated rings. The molecule has 2 heterocycles. The number of anilines is 1. The van der Waals surface area contributed by atoms with Gasteiger partial charge in [0.1, 0.15) is 11.6 Å². The minimum absolute atomic E-state index is 0.0276. The fourth-order valence-corrected chi connectivity index (χ4v) is 3.31. The van der Waals surface area contributed by atoms with Crippen LogP contribution in [0.5, 0.6) is 0 Å². The van der Waals surface area contributed by atoms with Gasteiger partial charge in [0.05, 0.1) is 11.6 Å². The highest BCUT2D eigenvalue weighted by Crippen LogP contribution is 2.27. The first-order chi connectivity index (χ1) is 12.0. The van der Waals surface area contributed by atoms with Crippen LogP contribution < -0.4 is 5.32 Å². The average molecular weight is 366 g/mol. The van der Waals surface area contributed by atoms with Crippen molar-refractivity contribution in [2.24, 2.45) is 0 Å². The summed E-state index contributed by atoms with van der Waals surface area (Å²) < 4.78 is 39.7. The van der Waals surface area contributed by atoms with Crippen LogP contribution in [0, 0.1) is 5.82 Å². The number of aromatic nitrogens is 2. The van der Waals surface area contributed by atoms with Crippen molar-refractivity contribution < 1.29 is 13.2 Å². The lowest BCUT2D eigenvalue weighted by Crippen LogP contribution is -2.26. The number of halogens is 3. The fraction of sp³-hybridized carbons (Fsp3) is 0.294. The normalized spacial score (nSPS) is 12.9. The highest BCUT2D eigenvalue weighted by molar-refractivity contribution is 7.07. The number of hydrogen-bond donors (Lipinski definition) is 1. The van der Waals surface area contributed by atoms with Gasteiger partial charge in [0.15, 0.2) is 5.82 Å². The second-order valence-electron chi connectivity index (χ2n) is 5.81.